The van der Waals surface area contributed by atoms with Crippen LogP contribution in [0.25, 0.3) is 0 Å². The minimum Gasteiger partial charge on any atom is -0.370 e. The number of nitrogens with two attached hydrogens (primary N) is 1. The molecule has 122 valence electrons. The fourth-order valence-corrected chi connectivity index (χ4v) is 3.85. The van der Waals surface area contributed by atoms with Crippen LogP contribution in [0.1, 0.15) is 31.7 Å². The van der Waals surface area contributed by atoms with E-state index in [1.165, 1.54) is 0 Å². The Balaban J connectivity index is 2.01. The lowest BCUT2D eigenvalue weighted by Gasteiger charge is -2.15. The van der Waals surface area contributed by atoms with E-state index in [-0.39, 0.29) is 0 Å². The van der Waals surface area contributed by atoms with Gasteiger partial charge >= 0.3 is 0 Å². The Bertz CT molecular complexity index is 605. The van der Waals surface area contributed by atoms with Gasteiger partial charge in [-0.1, -0.05) is 19.1 Å². The predicted molar refractivity (Wildman–Crippen MR) is 88.1 cm³/mol. The van der Waals surface area contributed by atoms with Crippen LogP contribution in [0, 0.1) is 0 Å². The number of sulfonamides is 1. The van der Waals surface area contributed by atoms with Gasteiger partial charge < -0.3 is 11.1 Å². The van der Waals surface area contributed by atoms with Gasteiger partial charge in [0.2, 0.25) is 10.0 Å². The zero-order valence-corrected chi connectivity index (χ0v) is 13.8. The summed E-state index contributed by atoms with van der Waals surface area (Å²) in [6.07, 6.45) is 2.87. The third-order valence-electron chi connectivity index (χ3n) is 3.61. The lowest BCUT2D eigenvalue weighted by molar-refractivity contribution is 0.477. The third kappa shape index (κ3) is 4.20. The zero-order chi connectivity index (χ0) is 16.0. The predicted octanol–water partition coefficient (Wildman–Crippen LogP) is 1.29. The highest BCUT2D eigenvalue weighted by Gasteiger charge is 2.26. The van der Waals surface area contributed by atoms with Gasteiger partial charge in [-0.05, 0) is 37.0 Å². The van der Waals surface area contributed by atoms with Crippen molar-refractivity contribution in [3.63, 3.8) is 0 Å². The number of guanidine groups is 1. The molecule has 0 saturated carbocycles. The van der Waals surface area contributed by atoms with Gasteiger partial charge in [0.05, 0.1) is 11.4 Å². The number of nitrogens with zero attached hydrogens (tertiary/aromatic N) is 2. The molecule has 3 N–H and O–H groups in total. The van der Waals surface area contributed by atoms with Crippen molar-refractivity contribution >= 4 is 16.0 Å². The molecular weight excluding hydrogens is 300 g/mol. The molecule has 0 bridgehead atoms. The van der Waals surface area contributed by atoms with E-state index in [0.717, 1.165) is 31.4 Å². The van der Waals surface area contributed by atoms with Crippen molar-refractivity contribution in [2.45, 2.75) is 37.6 Å². The maximum Gasteiger partial charge on any atom is 0.243 e. The Kier molecular flexibility index (Phi) is 5.79. The zero-order valence-electron chi connectivity index (χ0n) is 13.0. The molecule has 1 fully saturated rings. The van der Waals surface area contributed by atoms with Crippen LogP contribution in [0.5, 0.6) is 0 Å². The molecular formula is C15H24N4O2S. The first kappa shape index (κ1) is 16.8. The van der Waals surface area contributed by atoms with Gasteiger partial charge in [0.1, 0.15) is 0 Å². The molecule has 0 spiro atoms. The van der Waals surface area contributed by atoms with Gasteiger partial charge in [-0.25, -0.2) is 13.4 Å². The highest BCUT2D eigenvalue weighted by atomic mass is 32.2. The first-order valence-corrected chi connectivity index (χ1v) is 9.11. The summed E-state index contributed by atoms with van der Waals surface area (Å²) < 4.78 is 26.3. The summed E-state index contributed by atoms with van der Waals surface area (Å²) in [6, 6.07) is 6.88. The van der Waals surface area contributed by atoms with Gasteiger partial charge in [0.15, 0.2) is 5.96 Å². The minimum absolute atomic E-state index is 0.346. The smallest absolute Gasteiger partial charge is 0.243 e. The highest BCUT2D eigenvalue weighted by Crippen LogP contribution is 2.21. The van der Waals surface area contributed by atoms with Gasteiger partial charge in [0.25, 0.3) is 0 Å². The van der Waals surface area contributed by atoms with Crippen LogP contribution in [0.2, 0.25) is 0 Å². The van der Waals surface area contributed by atoms with Crippen LogP contribution < -0.4 is 11.1 Å². The van der Waals surface area contributed by atoms with E-state index in [4.69, 9.17) is 5.73 Å². The molecule has 1 aliphatic heterocycles. The standard InChI is InChI=1S/C15H24N4O2S/c1-2-9-17-15(16)18-12-13-5-7-14(8-6-13)22(20,21)19-10-3-4-11-19/h5-8H,2-4,9-12H2,1H3,(H3,16,17,18). The molecule has 1 saturated heterocycles. The van der Waals surface area contributed by atoms with E-state index in [9.17, 15) is 8.42 Å². The van der Waals surface area contributed by atoms with E-state index < -0.39 is 10.0 Å². The molecule has 0 aromatic heterocycles. The molecule has 0 radical (unpaired) electrons. The van der Waals surface area contributed by atoms with Crippen LogP contribution in [-0.4, -0.2) is 38.3 Å². The van der Waals surface area contributed by atoms with Crippen LogP contribution in [-0.2, 0) is 16.6 Å². The van der Waals surface area contributed by atoms with E-state index in [0.29, 0.717) is 30.5 Å². The maximum atomic E-state index is 12.4. The average Bonchev–Trinajstić information content (AvgIpc) is 3.06. The summed E-state index contributed by atoms with van der Waals surface area (Å²) in [5.41, 5.74) is 6.66. The Labute approximate surface area is 132 Å². The van der Waals surface area contributed by atoms with E-state index in [1.807, 2.05) is 0 Å². The molecule has 2 rings (SSSR count). The Morgan fingerprint density at radius 1 is 1.27 bits per heavy atom. The second kappa shape index (κ2) is 7.60. The quantitative estimate of drug-likeness (QED) is 0.609. The van der Waals surface area contributed by atoms with Gasteiger partial charge in [0, 0.05) is 19.6 Å². The summed E-state index contributed by atoms with van der Waals surface area (Å²) in [6.45, 7) is 4.52. The molecule has 0 unspecified atom stereocenters. The Morgan fingerprint density at radius 2 is 1.91 bits per heavy atom. The lowest BCUT2D eigenvalue weighted by Crippen LogP contribution is -2.32. The molecule has 7 heteroatoms. The fourth-order valence-electron chi connectivity index (χ4n) is 2.33. The summed E-state index contributed by atoms with van der Waals surface area (Å²) in [5, 5.41) is 3.00. The second-order valence-corrected chi connectivity index (χ2v) is 7.32. The molecule has 1 aliphatic rings. The molecule has 1 aromatic carbocycles. The highest BCUT2D eigenvalue weighted by molar-refractivity contribution is 7.89. The number of hydrogen-bond donors (Lipinski definition) is 2. The van der Waals surface area contributed by atoms with E-state index in [1.54, 1.807) is 28.6 Å². The maximum absolute atomic E-state index is 12.4. The van der Waals surface area contributed by atoms with Crippen molar-refractivity contribution < 1.29 is 8.42 Å². The van der Waals surface area contributed by atoms with Crippen molar-refractivity contribution in [3.05, 3.63) is 29.8 Å². The number of hydrogen-bond acceptors (Lipinski definition) is 3. The van der Waals surface area contributed by atoms with Crippen LogP contribution >= 0.6 is 0 Å². The number of benzene rings is 1. The fraction of sp³-hybridized carbons (Fsp3) is 0.533. The van der Waals surface area contributed by atoms with E-state index in [2.05, 4.69) is 17.2 Å². The van der Waals surface area contributed by atoms with Crippen LogP contribution in [0.4, 0.5) is 0 Å². The van der Waals surface area contributed by atoms with Gasteiger partial charge in [-0.2, -0.15) is 4.31 Å². The average molecular weight is 324 g/mol. The summed E-state index contributed by atoms with van der Waals surface area (Å²) in [5.74, 6) is 0.413. The minimum atomic E-state index is -3.34. The first-order valence-electron chi connectivity index (χ1n) is 7.67. The van der Waals surface area contributed by atoms with E-state index >= 15 is 0 Å². The number of rotatable bonds is 6. The van der Waals surface area contributed by atoms with Crippen molar-refractivity contribution in [3.8, 4) is 0 Å². The second-order valence-electron chi connectivity index (χ2n) is 5.38. The molecule has 6 nitrogen and oxygen atoms in total. The van der Waals surface area contributed by atoms with Gasteiger partial charge in [-0.15, -0.1) is 0 Å². The number of aliphatic imine (C=N–C) groups is 1. The van der Waals surface area contributed by atoms with Crippen molar-refractivity contribution in [1.29, 1.82) is 0 Å². The molecule has 22 heavy (non-hydrogen) atoms. The largest absolute Gasteiger partial charge is 0.370 e. The molecule has 0 atom stereocenters. The van der Waals surface area contributed by atoms with Crippen LogP contribution in [0.15, 0.2) is 34.2 Å². The lowest BCUT2D eigenvalue weighted by atomic mass is 10.2. The number of nitrogens with one attached hydrogen (secondary N) is 1. The molecule has 0 amide bonds. The third-order valence-corrected chi connectivity index (χ3v) is 5.53. The SMILES string of the molecule is CCCNC(N)=NCc1ccc(S(=O)(=O)N2CCCC2)cc1. The van der Waals surface area contributed by atoms with Crippen LogP contribution in [0.3, 0.4) is 0 Å². The molecule has 1 heterocycles. The monoisotopic (exact) mass is 324 g/mol. The van der Waals surface area contributed by atoms with Crippen molar-refractivity contribution in [1.82, 2.24) is 9.62 Å². The topological polar surface area (TPSA) is 87.8 Å². The molecule has 1 aromatic rings. The molecule has 0 aliphatic carbocycles. The first-order chi connectivity index (χ1) is 10.5. The Morgan fingerprint density at radius 3 is 2.50 bits per heavy atom. The normalized spacial score (nSPS) is 16.9. The Hall–Kier alpha value is -1.60. The summed E-state index contributed by atoms with van der Waals surface area (Å²) >= 11 is 0. The summed E-state index contributed by atoms with van der Waals surface area (Å²) in [4.78, 5) is 4.57. The van der Waals surface area contributed by atoms with Gasteiger partial charge in [-0.3, -0.25) is 0 Å². The summed E-state index contributed by atoms with van der Waals surface area (Å²) in [7, 11) is -3.34. The van der Waals surface area contributed by atoms with Crippen molar-refractivity contribution in [2.24, 2.45) is 10.7 Å². The van der Waals surface area contributed by atoms with Crippen molar-refractivity contribution in [2.75, 3.05) is 19.6 Å².